The van der Waals surface area contributed by atoms with Gasteiger partial charge < -0.3 is 4.90 Å². The number of nitrogens with zero attached hydrogens (tertiary/aromatic N) is 3. The van der Waals surface area contributed by atoms with E-state index in [0.717, 1.165) is 12.5 Å². The third-order valence-electron chi connectivity index (χ3n) is 7.18. The largest absolute Gasteiger partial charge is 0.367 e. The van der Waals surface area contributed by atoms with Crippen LogP contribution >= 0.6 is 0 Å². The average molecular weight is 398 g/mol. The SMILES string of the molecule is CCN(c1ccncc1)C1C2CCN(CC2)C1C(c1ccccc1)c1ccccc1. The van der Waals surface area contributed by atoms with Gasteiger partial charge in [0, 0.05) is 42.6 Å². The van der Waals surface area contributed by atoms with Crippen molar-refractivity contribution >= 4 is 5.69 Å². The smallest absolute Gasteiger partial charge is 0.0483 e. The van der Waals surface area contributed by atoms with Crippen molar-refractivity contribution in [3.63, 3.8) is 0 Å². The van der Waals surface area contributed by atoms with Crippen LogP contribution in [0.1, 0.15) is 36.8 Å². The zero-order chi connectivity index (χ0) is 20.3. The van der Waals surface area contributed by atoms with Gasteiger partial charge in [0.1, 0.15) is 0 Å². The molecule has 2 bridgehead atoms. The van der Waals surface area contributed by atoms with Crippen molar-refractivity contribution in [2.45, 2.75) is 37.8 Å². The van der Waals surface area contributed by atoms with E-state index in [4.69, 9.17) is 0 Å². The van der Waals surface area contributed by atoms with Crippen molar-refractivity contribution in [3.05, 3.63) is 96.3 Å². The van der Waals surface area contributed by atoms with Gasteiger partial charge in [-0.1, -0.05) is 60.7 Å². The van der Waals surface area contributed by atoms with Crippen LogP contribution in [0.5, 0.6) is 0 Å². The second kappa shape index (κ2) is 8.61. The van der Waals surface area contributed by atoms with Gasteiger partial charge in [-0.2, -0.15) is 0 Å². The number of aromatic nitrogens is 1. The van der Waals surface area contributed by atoms with E-state index in [2.05, 4.69) is 94.5 Å². The second-order valence-corrected chi connectivity index (χ2v) is 8.65. The summed E-state index contributed by atoms with van der Waals surface area (Å²) in [5, 5.41) is 0. The maximum atomic E-state index is 4.27. The van der Waals surface area contributed by atoms with Gasteiger partial charge >= 0.3 is 0 Å². The molecule has 0 saturated carbocycles. The van der Waals surface area contributed by atoms with E-state index in [9.17, 15) is 0 Å². The van der Waals surface area contributed by atoms with Crippen molar-refractivity contribution in [1.29, 1.82) is 0 Å². The first-order valence-electron chi connectivity index (χ1n) is 11.4. The van der Waals surface area contributed by atoms with Gasteiger partial charge in [0.2, 0.25) is 0 Å². The summed E-state index contributed by atoms with van der Waals surface area (Å²) in [5.74, 6) is 1.11. The predicted molar refractivity (Wildman–Crippen MR) is 124 cm³/mol. The van der Waals surface area contributed by atoms with Crippen LogP contribution in [0.3, 0.4) is 0 Å². The van der Waals surface area contributed by atoms with E-state index in [-0.39, 0.29) is 0 Å². The first-order chi connectivity index (χ1) is 14.9. The first-order valence-corrected chi connectivity index (χ1v) is 11.4. The van der Waals surface area contributed by atoms with E-state index in [0.29, 0.717) is 18.0 Å². The third-order valence-corrected chi connectivity index (χ3v) is 7.18. The highest BCUT2D eigenvalue weighted by Gasteiger charge is 2.48. The number of piperidine rings is 3. The molecule has 3 aliphatic heterocycles. The highest BCUT2D eigenvalue weighted by Crippen LogP contribution is 2.44. The molecule has 3 saturated heterocycles. The van der Waals surface area contributed by atoms with Crippen LogP contribution in [0.2, 0.25) is 0 Å². The molecular formula is C27H31N3. The Bertz CT molecular complexity index is 881. The van der Waals surface area contributed by atoms with Gasteiger partial charge in [0.05, 0.1) is 0 Å². The first kappa shape index (κ1) is 19.3. The van der Waals surface area contributed by atoms with Crippen molar-refractivity contribution in [3.8, 4) is 0 Å². The fourth-order valence-electron chi connectivity index (χ4n) is 5.91. The van der Waals surface area contributed by atoms with Crippen LogP contribution in [0.4, 0.5) is 5.69 Å². The molecule has 3 nitrogen and oxygen atoms in total. The van der Waals surface area contributed by atoms with Crippen LogP contribution in [0, 0.1) is 5.92 Å². The Balaban J connectivity index is 1.62. The number of likely N-dealkylation sites (N-methyl/N-ethyl adjacent to an activating group) is 1. The molecule has 154 valence electrons. The summed E-state index contributed by atoms with van der Waals surface area (Å²) in [4.78, 5) is 9.70. The highest BCUT2D eigenvalue weighted by molar-refractivity contribution is 5.48. The number of benzene rings is 2. The second-order valence-electron chi connectivity index (χ2n) is 8.65. The van der Waals surface area contributed by atoms with Gasteiger partial charge in [-0.25, -0.2) is 0 Å². The molecule has 3 fully saturated rings. The lowest BCUT2D eigenvalue weighted by atomic mass is 9.70. The summed E-state index contributed by atoms with van der Waals surface area (Å²) in [7, 11) is 0. The molecule has 3 aliphatic rings. The van der Waals surface area contributed by atoms with E-state index in [1.54, 1.807) is 0 Å². The van der Waals surface area contributed by atoms with Gasteiger partial charge in [-0.05, 0) is 62.0 Å². The molecule has 1 aromatic heterocycles. The molecule has 0 spiro atoms. The predicted octanol–water partition coefficient (Wildman–Crippen LogP) is 5.20. The lowest BCUT2D eigenvalue weighted by molar-refractivity contribution is 0.0171. The zero-order valence-electron chi connectivity index (χ0n) is 17.8. The van der Waals surface area contributed by atoms with Crippen molar-refractivity contribution < 1.29 is 0 Å². The molecule has 3 heteroatoms. The van der Waals surface area contributed by atoms with E-state index in [1.165, 1.54) is 42.7 Å². The Morgan fingerprint density at radius 3 is 1.97 bits per heavy atom. The van der Waals surface area contributed by atoms with Gasteiger partial charge in [0.15, 0.2) is 0 Å². The summed E-state index contributed by atoms with van der Waals surface area (Å²) in [6.07, 6.45) is 6.47. The average Bonchev–Trinajstić information content (AvgIpc) is 2.83. The Labute approximate surface area is 180 Å². The summed E-state index contributed by atoms with van der Waals surface area (Å²) < 4.78 is 0. The lowest BCUT2D eigenvalue weighted by Crippen LogP contribution is -2.65. The van der Waals surface area contributed by atoms with Gasteiger partial charge in [-0.3, -0.25) is 9.88 Å². The van der Waals surface area contributed by atoms with Crippen LogP contribution in [0.25, 0.3) is 0 Å². The summed E-state index contributed by atoms with van der Waals surface area (Å²) in [6.45, 7) is 5.76. The molecule has 6 rings (SSSR count). The maximum Gasteiger partial charge on any atom is 0.0483 e. The molecular weight excluding hydrogens is 366 g/mol. The van der Waals surface area contributed by atoms with Crippen molar-refractivity contribution in [2.24, 2.45) is 5.92 Å². The van der Waals surface area contributed by atoms with Crippen LogP contribution in [-0.4, -0.2) is 41.6 Å². The van der Waals surface area contributed by atoms with Gasteiger partial charge in [-0.15, -0.1) is 0 Å². The number of hydrogen-bond donors (Lipinski definition) is 0. The highest BCUT2D eigenvalue weighted by atomic mass is 15.3. The Hall–Kier alpha value is -2.65. The molecule has 4 heterocycles. The Kier molecular flexibility index (Phi) is 5.54. The summed E-state index contributed by atoms with van der Waals surface area (Å²) >= 11 is 0. The van der Waals surface area contributed by atoms with Crippen molar-refractivity contribution in [1.82, 2.24) is 9.88 Å². The quantitative estimate of drug-likeness (QED) is 0.570. The number of anilines is 1. The molecule has 0 radical (unpaired) electrons. The molecule has 30 heavy (non-hydrogen) atoms. The lowest BCUT2D eigenvalue weighted by Gasteiger charge is -2.57. The molecule has 0 aliphatic carbocycles. The molecule has 2 aromatic carbocycles. The van der Waals surface area contributed by atoms with E-state index < -0.39 is 0 Å². The van der Waals surface area contributed by atoms with E-state index >= 15 is 0 Å². The molecule has 2 atom stereocenters. The number of pyridine rings is 1. The molecule has 0 N–H and O–H groups in total. The fraction of sp³-hybridized carbons (Fsp3) is 0.370. The zero-order valence-corrected chi connectivity index (χ0v) is 17.8. The maximum absolute atomic E-state index is 4.27. The number of fused-ring (bicyclic) bond motifs is 3. The van der Waals surface area contributed by atoms with E-state index in [1.807, 2.05) is 12.4 Å². The topological polar surface area (TPSA) is 19.4 Å². The third kappa shape index (κ3) is 3.52. The minimum Gasteiger partial charge on any atom is -0.367 e. The molecule has 2 unspecified atom stereocenters. The Morgan fingerprint density at radius 2 is 1.43 bits per heavy atom. The number of rotatable bonds is 6. The minimum absolute atomic E-state index is 0.372. The molecule has 3 aromatic rings. The van der Waals surface area contributed by atoms with Crippen LogP contribution in [-0.2, 0) is 0 Å². The fourth-order valence-corrected chi connectivity index (χ4v) is 5.91. The van der Waals surface area contributed by atoms with Gasteiger partial charge in [0.25, 0.3) is 0 Å². The number of hydrogen-bond acceptors (Lipinski definition) is 3. The summed E-state index contributed by atoms with van der Waals surface area (Å²) in [6, 6.07) is 27.6. The van der Waals surface area contributed by atoms with Crippen LogP contribution < -0.4 is 4.90 Å². The standard InChI is InChI=1S/C27H31N3/c1-2-30(24-13-17-28-18-14-24)26-23-15-19-29(20-16-23)27(26)25(21-9-5-3-6-10-21)22-11-7-4-8-12-22/h3-14,17-18,23,25-27H,2,15-16,19-20H2,1H3. The monoisotopic (exact) mass is 397 g/mol. The molecule has 0 amide bonds. The summed E-state index contributed by atoms with van der Waals surface area (Å²) in [5.41, 5.74) is 4.16. The van der Waals surface area contributed by atoms with Crippen LogP contribution in [0.15, 0.2) is 85.2 Å². The van der Waals surface area contributed by atoms with Crippen molar-refractivity contribution in [2.75, 3.05) is 24.5 Å². The Morgan fingerprint density at radius 1 is 0.867 bits per heavy atom. The normalized spacial score (nSPS) is 25.4. The minimum atomic E-state index is 0.372.